The second-order valence-electron chi connectivity index (χ2n) is 4.92. The molecule has 0 bridgehead atoms. The van der Waals surface area contributed by atoms with Crippen LogP contribution in [0.3, 0.4) is 0 Å². The first kappa shape index (κ1) is 16.0. The first-order valence-electron chi connectivity index (χ1n) is 6.65. The van der Waals surface area contributed by atoms with Crippen LogP contribution in [0.4, 0.5) is 0 Å². The molecular weight excluding hydrogens is 256 g/mol. The highest BCUT2D eigenvalue weighted by atomic mass is 16.5. The number of aryl methyl sites for hydroxylation is 1. The number of ether oxygens (including phenoxy) is 1. The number of hydrogen-bond acceptors (Lipinski definition) is 3. The minimum absolute atomic E-state index is 0.0104. The average molecular weight is 278 g/mol. The van der Waals surface area contributed by atoms with Gasteiger partial charge in [-0.25, -0.2) is 0 Å². The maximum atomic E-state index is 12.2. The molecule has 110 valence electrons. The molecule has 20 heavy (non-hydrogen) atoms. The van der Waals surface area contributed by atoms with E-state index in [2.05, 4.69) is 5.32 Å². The van der Waals surface area contributed by atoms with Gasteiger partial charge in [-0.3, -0.25) is 9.59 Å². The van der Waals surface area contributed by atoms with E-state index in [-0.39, 0.29) is 11.8 Å². The van der Waals surface area contributed by atoms with Gasteiger partial charge in [-0.05, 0) is 30.5 Å². The van der Waals surface area contributed by atoms with Gasteiger partial charge in [-0.15, -0.1) is 0 Å². The Morgan fingerprint density at radius 2 is 2.05 bits per heavy atom. The summed E-state index contributed by atoms with van der Waals surface area (Å²) in [6.45, 7) is 5.72. The minimum atomic E-state index is -0.667. The lowest BCUT2D eigenvalue weighted by atomic mass is 9.98. The van der Waals surface area contributed by atoms with Gasteiger partial charge in [-0.1, -0.05) is 26.3 Å². The van der Waals surface area contributed by atoms with Crippen molar-refractivity contribution in [2.24, 2.45) is 11.7 Å². The number of benzene rings is 1. The number of nitrogens with one attached hydrogen (secondary N) is 1. The Morgan fingerprint density at radius 3 is 2.55 bits per heavy atom. The van der Waals surface area contributed by atoms with Crippen LogP contribution in [0, 0.1) is 12.8 Å². The Labute approximate surface area is 119 Å². The van der Waals surface area contributed by atoms with E-state index in [0.717, 1.165) is 12.0 Å². The third-order valence-corrected chi connectivity index (χ3v) is 3.48. The zero-order valence-corrected chi connectivity index (χ0v) is 12.4. The first-order valence-corrected chi connectivity index (χ1v) is 6.65. The molecule has 3 N–H and O–H groups in total. The van der Waals surface area contributed by atoms with Crippen molar-refractivity contribution < 1.29 is 14.3 Å². The maximum Gasteiger partial charge on any atom is 0.252 e. The first-order chi connectivity index (χ1) is 9.40. The molecule has 0 radical (unpaired) electrons. The smallest absolute Gasteiger partial charge is 0.252 e. The topological polar surface area (TPSA) is 81.4 Å². The van der Waals surface area contributed by atoms with Crippen LogP contribution in [-0.2, 0) is 4.79 Å². The van der Waals surface area contributed by atoms with Crippen molar-refractivity contribution in [1.82, 2.24) is 5.32 Å². The van der Waals surface area contributed by atoms with Crippen molar-refractivity contribution in [3.8, 4) is 5.75 Å². The molecule has 0 heterocycles. The van der Waals surface area contributed by atoms with Gasteiger partial charge < -0.3 is 15.8 Å². The molecule has 1 rings (SSSR count). The standard InChI is InChI=1S/C15H22N2O3/c1-5-9(2)13(14(16)18)17-15(19)11-7-6-10(3)12(8-11)20-4/h6-9,13H,5H2,1-4H3,(H2,16,18)(H,17,19). The molecule has 0 spiro atoms. The van der Waals surface area contributed by atoms with Crippen LogP contribution in [0.2, 0.25) is 0 Å². The van der Waals surface area contributed by atoms with Crippen molar-refractivity contribution >= 4 is 11.8 Å². The normalized spacial score (nSPS) is 13.4. The van der Waals surface area contributed by atoms with Crippen molar-refractivity contribution in [2.45, 2.75) is 33.2 Å². The SMILES string of the molecule is CCC(C)C(NC(=O)c1ccc(C)c(OC)c1)C(N)=O. The number of carbonyl (C=O) groups excluding carboxylic acids is 2. The van der Waals surface area contributed by atoms with Crippen LogP contribution in [0.25, 0.3) is 0 Å². The summed E-state index contributed by atoms with van der Waals surface area (Å²) in [5.41, 5.74) is 6.73. The van der Waals surface area contributed by atoms with E-state index in [4.69, 9.17) is 10.5 Å². The van der Waals surface area contributed by atoms with Crippen LogP contribution in [0.5, 0.6) is 5.75 Å². The fourth-order valence-electron chi connectivity index (χ4n) is 1.92. The zero-order chi connectivity index (χ0) is 15.3. The molecule has 0 fully saturated rings. The highest BCUT2D eigenvalue weighted by molar-refractivity contribution is 5.97. The zero-order valence-electron chi connectivity index (χ0n) is 12.4. The van der Waals surface area contributed by atoms with Crippen LogP contribution < -0.4 is 15.8 Å². The quantitative estimate of drug-likeness (QED) is 0.830. The second kappa shape index (κ2) is 6.93. The molecule has 5 nitrogen and oxygen atoms in total. The van der Waals surface area contributed by atoms with E-state index >= 15 is 0 Å². The van der Waals surface area contributed by atoms with Crippen molar-refractivity contribution in [3.05, 3.63) is 29.3 Å². The van der Waals surface area contributed by atoms with Crippen LogP contribution in [0.1, 0.15) is 36.2 Å². The Kier molecular flexibility index (Phi) is 5.55. The van der Waals surface area contributed by atoms with Gasteiger partial charge in [0.15, 0.2) is 0 Å². The van der Waals surface area contributed by atoms with E-state index in [9.17, 15) is 9.59 Å². The number of methoxy groups -OCH3 is 1. The lowest BCUT2D eigenvalue weighted by molar-refractivity contribution is -0.120. The summed E-state index contributed by atoms with van der Waals surface area (Å²) in [4.78, 5) is 23.6. The average Bonchev–Trinajstić information content (AvgIpc) is 2.43. The third kappa shape index (κ3) is 3.73. The van der Waals surface area contributed by atoms with Gasteiger partial charge in [0.2, 0.25) is 5.91 Å². The van der Waals surface area contributed by atoms with Crippen molar-refractivity contribution in [3.63, 3.8) is 0 Å². The molecule has 1 aromatic rings. The van der Waals surface area contributed by atoms with Gasteiger partial charge in [-0.2, -0.15) is 0 Å². The Balaban J connectivity index is 2.92. The molecule has 2 atom stereocenters. The molecule has 2 amide bonds. The van der Waals surface area contributed by atoms with Crippen LogP contribution in [0.15, 0.2) is 18.2 Å². The van der Waals surface area contributed by atoms with Crippen molar-refractivity contribution in [1.29, 1.82) is 0 Å². The van der Waals surface area contributed by atoms with E-state index in [0.29, 0.717) is 11.3 Å². The summed E-state index contributed by atoms with van der Waals surface area (Å²) < 4.78 is 5.19. The molecule has 0 aliphatic heterocycles. The predicted octanol–water partition coefficient (Wildman–Crippen LogP) is 1.63. The lowest BCUT2D eigenvalue weighted by Gasteiger charge is -2.21. The fraction of sp³-hybridized carbons (Fsp3) is 0.467. The number of amides is 2. The Morgan fingerprint density at radius 1 is 1.40 bits per heavy atom. The maximum absolute atomic E-state index is 12.2. The molecule has 0 aliphatic carbocycles. The minimum Gasteiger partial charge on any atom is -0.496 e. The summed E-state index contributed by atoms with van der Waals surface area (Å²) in [6.07, 6.45) is 0.755. The predicted molar refractivity (Wildman–Crippen MR) is 77.6 cm³/mol. The summed E-state index contributed by atoms with van der Waals surface area (Å²) in [7, 11) is 1.55. The highest BCUT2D eigenvalue weighted by Crippen LogP contribution is 2.19. The summed E-state index contributed by atoms with van der Waals surface area (Å²) >= 11 is 0. The largest absolute Gasteiger partial charge is 0.496 e. The lowest BCUT2D eigenvalue weighted by Crippen LogP contribution is -2.48. The summed E-state index contributed by atoms with van der Waals surface area (Å²) in [5, 5.41) is 2.69. The Bertz CT molecular complexity index is 500. The molecule has 0 aromatic heterocycles. The van der Waals surface area contributed by atoms with Gasteiger partial charge in [0.05, 0.1) is 7.11 Å². The highest BCUT2D eigenvalue weighted by Gasteiger charge is 2.24. The number of rotatable bonds is 6. The van der Waals surface area contributed by atoms with E-state index < -0.39 is 11.9 Å². The van der Waals surface area contributed by atoms with Crippen LogP contribution >= 0.6 is 0 Å². The second-order valence-corrected chi connectivity index (χ2v) is 4.92. The number of primary amides is 1. The van der Waals surface area contributed by atoms with E-state index in [1.807, 2.05) is 20.8 Å². The number of hydrogen-bond donors (Lipinski definition) is 2. The molecule has 1 aromatic carbocycles. The van der Waals surface area contributed by atoms with Gasteiger partial charge in [0.25, 0.3) is 5.91 Å². The molecule has 0 aliphatic rings. The molecular formula is C15H22N2O3. The summed E-state index contributed by atoms with van der Waals surface area (Å²) in [5.74, 6) is -0.222. The van der Waals surface area contributed by atoms with Gasteiger partial charge in [0, 0.05) is 5.56 Å². The van der Waals surface area contributed by atoms with E-state index in [1.54, 1.807) is 25.3 Å². The molecule has 5 heteroatoms. The third-order valence-electron chi connectivity index (χ3n) is 3.48. The van der Waals surface area contributed by atoms with Crippen molar-refractivity contribution in [2.75, 3.05) is 7.11 Å². The number of nitrogens with two attached hydrogens (primary N) is 1. The molecule has 2 unspecified atom stereocenters. The van der Waals surface area contributed by atoms with Gasteiger partial charge in [0.1, 0.15) is 11.8 Å². The summed E-state index contributed by atoms with van der Waals surface area (Å²) in [6, 6.07) is 4.48. The molecule has 0 saturated heterocycles. The Hall–Kier alpha value is -2.04. The number of carbonyl (C=O) groups is 2. The van der Waals surface area contributed by atoms with E-state index in [1.165, 1.54) is 0 Å². The monoisotopic (exact) mass is 278 g/mol. The molecule has 0 saturated carbocycles. The van der Waals surface area contributed by atoms with Crippen LogP contribution in [-0.4, -0.2) is 25.0 Å². The van der Waals surface area contributed by atoms with Gasteiger partial charge >= 0.3 is 0 Å². The fourth-order valence-corrected chi connectivity index (χ4v) is 1.92.